The number of nitrogens with one attached hydrogen (secondary N) is 1. The standard InChI is InChI=1S/C13H18FNO2/c1-4-13(3,8-16)15-12(17)11-7-10(14)6-5-9(11)2/h5-7,16H,4,8H2,1-3H3,(H,15,17). The lowest BCUT2D eigenvalue weighted by Crippen LogP contribution is -2.48. The number of aliphatic hydroxyl groups is 1. The van der Waals surface area contributed by atoms with E-state index in [1.165, 1.54) is 12.1 Å². The lowest BCUT2D eigenvalue weighted by Gasteiger charge is -2.27. The van der Waals surface area contributed by atoms with Gasteiger partial charge < -0.3 is 10.4 Å². The zero-order valence-corrected chi connectivity index (χ0v) is 10.4. The van der Waals surface area contributed by atoms with Crippen LogP contribution in [-0.2, 0) is 0 Å². The van der Waals surface area contributed by atoms with E-state index >= 15 is 0 Å². The van der Waals surface area contributed by atoms with Gasteiger partial charge in [-0.05, 0) is 38.0 Å². The third kappa shape index (κ3) is 3.27. The van der Waals surface area contributed by atoms with Crippen molar-refractivity contribution < 1.29 is 14.3 Å². The number of amides is 1. The molecule has 0 saturated carbocycles. The van der Waals surface area contributed by atoms with Gasteiger partial charge in [0, 0.05) is 5.56 Å². The number of aryl methyl sites for hydroxylation is 1. The van der Waals surface area contributed by atoms with Crippen molar-refractivity contribution in [3.63, 3.8) is 0 Å². The molecule has 1 rings (SSSR count). The molecule has 0 aliphatic rings. The van der Waals surface area contributed by atoms with Crippen LogP contribution >= 0.6 is 0 Å². The molecular formula is C13H18FNO2. The molecule has 3 nitrogen and oxygen atoms in total. The summed E-state index contributed by atoms with van der Waals surface area (Å²) >= 11 is 0. The fraction of sp³-hybridized carbons (Fsp3) is 0.462. The van der Waals surface area contributed by atoms with Crippen molar-refractivity contribution in [1.82, 2.24) is 5.32 Å². The van der Waals surface area contributed by atoms with Crippen LogP contribution in [0.5, 0.6) is 0 Å². The van der Waals surface area contributed by atoms with E-state index in [4.69, 9.17) is 0 Å². The fourth-order valence-electron chi connectivity index (χ4n) is 1.42. The number of carbonyl (C=O) groups excluding carboxylic acids is 1. The van der Waals surface area contributed by atoms with Crippen molar-refractivity contribution in [3.8, 4) is 0 Å². The van der Waals surface area contributed by atoms with Crippen LogP contribution in [0.15, 0.2) is 18.2 Å². The Morgan fingerprint density at radius 3 is 2.71 bits per heavy atom. The monoisotopic (exact) mass is 239 g/mol. The number of hydrogen-bond acceptors (Lipinski definition) is 2. The van der Waals surface area contributed by atoms with Crippen LogP contribution in [0.4, 0.5) is 4.39 Å². The summed E-state index contributed by atoms with van der Waals surface area (Å²) in [5.41, 5.74) is 0.342. The molecule has 0 radical (unpaired) electrons. The second-order valence-electron chi connectivity index (χ2n) is 4.49. The molecule has 94 valence electrons. The van der Waals surface area contributed by atoms with Gasteiger partial charge in [-0.25, -0.2) is 4.39 Å². The van der Waals surface area contributed by atoms with Crippen molar-refractivity contribution in [2.24, 2.45) is 0 Å². The number of rotatable bonds is 4. The first-order valence-corrected chi connectivity index (χ1v) is 5.61. The van der Waals surface area contributed by atoms with Crippen molar-refractivity contribution in [1.29, 1.82) is 0 Å². The average molecular weight is 239 g/mol. The first-order valence-electron chi connectivity index (χ1n) is 5.61. The second kappa shape index (κ2) is 5.27. The molecule has 0 aliphatic carbocycles. The minimum atomic E-state index is -0.671. The average Bonchev–Trinajstić information content (AvgIpc) is 2.32. The maximum atomic E-state index is 13.1. The van der Waals surface area contributed by atoms with Crippen LogP contribution in [0, 0.1) is 12.7 Å². The molecule has 1 atom stereocenters. The van der Waals surface area contributed by atoms with Crippen LogP contribution in [-0.4, -0.2) is 23.2 Å². The number of aliphatic hydroxyl groups excluding tert-OH is 1. The SMILES string of the molecule is CCC(C)(CO)NC(=O)c1cc(F)ccc1C. The number of carbonyl (C=O) groups is 1. The Balaban J connectivity index is 2.94. The quantitative estimate of drug-likeness (QED) is 0.844. The summed E-state index contributed by atoms with van der Waals surface area (Å²) in [6.07, 6.45) is 0.601. The predicted octanol–water partition coefficient (Wildman–Crippen LogP) is 2.02. The predicted molar refractivity (Wildman–Crippen MR) is 64.4 cm³/mol. The molecule has 17 heavy (non-hydrogen) atoms. The molecule has 1 aromatic carbocycles. The van der Waals surface area contributed by atoms with Crippen molar-refractivity contribution >= 4 is 5.91 Å². The first-order chi connectivity index (χ1) is 7.91. The summed E-state index contributed by atoms with van der Waals surface area (Å²) < 4.78 is 13.1. The van der Waals surface area contributed by atoms with E-state index < -0.39 is 11.4 Å². The van der Waals surface area contributed by atoms with E-state index in [2.05, 4.69) is 5.32 Å². The minimum Gasteiger partial charge on any atom is -0.394 e. The van der Waals surface area contributed by atoms with Crippen LogP contribution in [0.1, 0.15) is 36.2 Å². The summed E-state index contributed by atoms with van der Waals surface area (Å²) in [6.45, 7) is 5.22. The molecule has 1 aromatic rings. The molecule has 2 N–H and O–H groups in total. The molecule has 1 amide bonds. The Hall–Kier alpha value is -1.42. The Morgan fingerprint density at radius 1 is 1.53 bits per heavy atom. The Morgan fingerprint density at radius 2 is 2.18 bits per heavy atom. The fourth-order valence-corrected chi connectivity index (χ4v) is 1.42. The molecule has 1 unspecified atom stereocenters. The van der Waals surface area contributed by atoms with E-state index in [9.17, 15) is 14.3 Å². The van der Waals surface area contributed by atoms with E-state index in [1.54, 1.807) is 19.9 Å². The first kappa shape index (κ1) is 13.6. The van der Waals surface area contributed by atoms with Crippen LogP contribution in [0.25, 0.3) is 0 Å². The molecule has 0 bridgehead atoms. The van der Waals surface area contributed by atoms with Gasteiger partial charge in [-0.1, -0.05) is 13.0 Å². The molecule has 0 heterocycles. The number of benzene rings is 1. The molecule has 4 heteroatoms. The van der Waals surface area contributed by atoms with Gasteiger partial charge in [0.1, 0.15) is 5.82 Å². The lowest BCUT2D eigenvalue weighted by molar-refractivity contribution is 0.0846. The van der Waals surface area contributed by atoms with Crippen LogP contribution in [0.2, 0.25) is 0 Å². The van der Waals surface area contributed by atoms with E-state index in [0.29, 0.717) is 17.5 Å². The number of halogens is 1. The maximum absolute atomic E-state index is 13.1. The second-order valence-corrected chi connectivity index (χ2v) is 4.49. The van der Waals surface area contributed by atoms with Crippen LogP contribution < -0.4 is 5.32 Å². The topological polar surface area (TPSA) is 49.3 Å². The van der Waals surface area contributed by atoms with Crippen LogP contribution in [0.3, 0.4) is 0 Å². The molecule has 0 aromatic heterocycles. The summed E-state index contributed by atoms with van der Waals surface area (Å²) in [6, 6.07) is 4.09. The van der Waals surface area contributed by atoms with Gasteiger partial charge in [0.2, 0.25) is 0 Å². The van der Waals surface area contributed by atoms with Gasteiger partial charge in [0.25, 0.3) is 5.91 Å². The highest BCUT2D eigenvalue weighted by atomic mass is 19.1. The zero-order valence-electron chi connectivity index (χ0n) is 10.4. The van der Waals surface area contributed by atoms with Gasteiger partial charge in [-0.3, -0.25) is 4.79 Å². The summed E-state index contributed by atoms with van der Waals surface area (Å²) in [4.78, 5) is 12.0. The normalized spacial score (nSPS) is 14.2. The third-order valence-electron chi connectivity index (χ3n) is 2.99. The largest absolute Gasteiger partial charge is 0.394 e. The van der Waals surface area contributed by atoms with Crippen molar-refractivity contribution in [3.05, 3.63) is 35.1 Å². The highest BCUT2D eigenvalue weighted by Gasteiger charge is 2.24. The van der Waals surface area contributed by atoms with Gasteiger partial charge in [0.15, 0.2) is 0 Å². The molecule has 0 spiro atoms. The Labute approximate surface area is 101 Å². The summed E-state index contributed by atoms with van der Waals surface area (Å²) in [5, 5.41) is 11.9. The van der Waals surface area contributed by atoms with E-state index in [1.807, 2.05) is 6.92 Å². The molecule has 0 saturated heterocycles. The highest BCUT2D eigenvalue weighted by molar-refractivity contribution is 5.96. The van der Waals surface area contributed by atoms with Gasteiger partial charge >= 0.3 is 0 Å². The van der Waals surface area contributed by atoms with Gasteiger partial charge in [-0.2, -0.15) is 0 Å². The van der Waals surface area contributed by atoms with Crippen molar-refractivity contribution in [2.45, 2.75) is 32.7 Å². The van der Waals surface area contributed by atoms with Gasteiger partial charge in [0.05, 0.1) is 12.1 Å². The smallest absolute Gasteiger partial charge is 0.252 e. The Bertz CT molecular complexity index is 414. The molecule has 0 aliphatic heterocycles. The van der Waals surface area contributed by atoms with E-state index in [-0.39, 0.29) is 12.5 Å². The summed E-state index contributed by atoms with van der Waals surface area (Å²) in [7, 11) is 0. The number of hydrogen-bond donors (Lipinski definition) is 2. The highest BCUT2D eigenvalue weighted by Crippen LogP contribution is 2.13. The van der Waals surface area contributed by atoms with Crippen molar-refractivity contribution in [2.75, 3.05) is 6.61 Å². The zero-order chi connectivity index (χ0) is 13.1. The maximum Gasteiger partial charge on any atom is 0.252 e. The lowest BCUT2D eigenvalue weighted by atomic mass is 9.98. The molecule has 0 fully saturated rings. The minimum absolute atomic E-state index is 0.149. The van der Waals surface area contributed by atoms with Gasteiger partial charge in [-0.15, -0.1) is 0 Å². The van der Waals surface area contributed by atoms with E-state index in [0.717, 1.165) is 0 Å². The molecular weight excluding hydrogens is 221 g/mol. The summed E-state index contributed by atoms with van der Waals surface area (Å²) in [5.74, 6) is -0.802. The third-order valence-corrected chi connectivity index (χ3v) is 2.99. The Kier molecular flexibility index (Phi) is 4.23.